The molecule has 4 rings (SSSR count). The van der Waals surface area contributed by atoms with Crippen molar-refractivity contribution in [3.63, 3.8) is 0 Å². The number of aromatic hydroxyl groups is 1. The molecule has 0 heterocycles. The number of phenolic OH excluding ortho intramolecular Hbond substituents is 1. The molecule has 4 aromatic carbocycles. The number of anilines is 1. The number of hydrogen-bond acceptors (Lipinski definition) is 30. The van der Waals surface area contributed by atoms with Crippen LogP contribution in [0.25, 0.3) is 10.8 Å². The standard InChI is InChI=1S/C26H25N5O22S7.5Na/c27-23-22-14(10-20(55-52-49-34)24(26(22)32)30-28-15-2-1-3-16(12-15)57(36,37)8-6-46-56-53-50-35)11-21(59(40,41)42)25(23)31-29-18-5-4-17(13-19(18)54-51-48-33)58(38,39)9-7-47-60(43,44)45;;;;;/h1-5,10-13,32-35H,6-9,27H2,(H,40,41,42)(H,43,44,45);;;;;/q;5*+1/p-5. The summed E-state index contributed by atoms with van der Waals surface area (Å²) in [5.74, 6) is -2.51. The quantitative estimate of drug-likeness (QED) is 0.00801. The van der Waals surface area contributed by atoms with Crippen LogP contribution >= 0.6 is 36.4 Å². The third kappa shape index (κ3) is 20.7. The van der Waals surface area contributed by atoms with Crippen molar-refractivity contribution >= 4 is 116 Å². The molecule has 0 radical (unpaired) electrons. The van der Waals surface area contributed by atoms with Crippen LogP contribution in [0, 0.1) is 0 Å². The molecule has 0 aliphatic rings. The molecule has 0 amide bonds. The Kier molecular flexibility index (Phi) is 33.3. The van der Waals surface area contributed by atoms with E-state index in [2.05, 4.69) is 52.8 Å². The number of fused-ring (bicyclic) bond motifs is 1. The zero-order valence-corrected chi connectivity index (χ0v) is 49.5. The molecule has 0 spiro atoms. The number of phenols is 1. The molecular weight excluding hydrogens is 1070 g/mol. The molecule has 0 fully saturated rings. The van der Waals surface area contributed by atoms with Crippen LogP contribution in [0.15, 0.2) is 99.5 Å². The van der Waals surface area contributed by atoms with Gasteiger partial charge in [-0.15, -0.1) is 19.7 Å². The Hall–Kier alpha value is 1.27. The molecule has 0 saturated heterocycles. The van der Waals surface area contributed by atoms with Crippen molar-refractivity contribution in [1.29, 1.82) is 0 Å². The number of benzene rings is 4. The van der Waals surface area contributed by atoms with Crippen LogP contribution in [0.4, 0.5) is 28.4 Å². The predicted octanol–water partition coefficient (Wildman–Crippen LogP) is -13.8. The third-order valence-electron chi connectivity index (χ3n) is 7.00. The first-order chi connectivity index (χ1) is 28.2. The summed E-state index contributed by atoms with van der Waals surface area (Å²) in [5, 5.41) is 66.9. The number of hydrogen-bond donors (Lipinski definition) is 2. The monoisotopic (exact) mass is 1090 g/mol. The summed E-state index contributed by atoms with van der Waals surface area (Å²) in [5.41, 5.74) is 3.58. The van der Waals surface area contributed by atoms with Crippen molar-refractivity contribution in [2.24, 2.45) is 20.5 Å². The van der Waals surface area contributed by atoms with Crippen LogP contribution in [0.3, 0.4) is 0 Å². The van der Waals surface area contributed by atoms with Crippen molar-refractivity contribution in [2.75, 3.05) is 30.5 Å². The van der Waals surface area contributed by atoms with Crippen LogP contribution in [-0.2, 0) is 76.7 Å². The molecule has 0 bridgehead atoms. The average Bonchev–Trinajstić information content (AvgIpc) is 3.17. The van der Waals surface area contributed by atoms with Gasteiger partial charge in [0.05, 0.1) is 90.0 Å². The van der Waals surface area contributed by atoms with Gasteiger partial charge in [-0.3, -0.25) is 23.5 Å². The predicted molar refractivity (Wildman–Crippen MR) is 191 cm³/mol. The number of nitrogens with zero attached hydrogens (tertiary/aromatic N) is 4. The Bertz CT molecular complexity index is 2730. The van der Waals surface area contributed by atoms with Crippen molar-refractivity contribution in [2.45, 2.75) is 24.5 Å². The molecular formula is C26H20N5Na5O22S7. The minimum Gasteiger partial charge on any atom is -0.744 e. The van der Waals surface area contributed by atoms with E-state index in [1.54, 1.807) is 0 Å². The molecule has 0 atom stereocenters. The minimum atomic E-state index is -5.50. The summed E-state index contributed by atoms with van der Waals surface area (Å²) >= 11 is 0.302. The normalized spacial score (nSPS) is 12.0. The smallest absolute Gasteiger partial charge is 0.744 e. The number of nitrogens with two attached hydrogens (primary N) is 1. The average molecular weight is 1090 g/mol. The molecule has 4 aromatic rings. The van der Waals surface area contributed by atoms with Crippen molar-refractivity contribution in [3.8, 4) is 5.75 Å². The topological polar surface area (TPSA) is 421 Å². The van der Waals surface area contributed by atoms with Gasteiger partial charge in [-0.2, -0.15) is 13.8 Å². The van der Waals surface area contributed by atoms with Gasteiger partial charge >= 0.3 is 148 Å². The Labute approximate surface area is 492 Å². The fourth-order valence-electron chi connectivity index (χ4n) is 4.54. The van der Waals surface area contributed by atoms with E-state index in [1.165, 1.54) is 18.2 Å². The first-order valence-corrected chi connectivity index (χ1v) is 23.1. The first-order valence-electron chi connectivity index (χ1n) is 14.9. The summed E-state index contributed by atoms with van der Waals surface area (Å²) in [7, 11) is -19.1. The van der Waals surface area contributed by atoms with E-state index >= 15 is 0 Å². The van der Waals surface area contributed by atoms with Crippen molar-refractivity contribution in [3.05, 3.63) is 54.6 Å². The van der Waals surface area contributed by atoms with Crippen LogP contribution in [0.5, 0.6) is 5.75 Å². The van der Waals surface area contributed by atoms with Gasteiger partial charge in [-0.25, -0.2) is 33.7 Å². The molecule has 3 N–H and O–H groups in total. The molecule has 0 aliphatic carbocycles. The van der Waals surface area contributed by atoms with Gasteiger partial charge in [0.15, 0.2) is 37.7 Å². The Morgan fingerprint density at radius 3 is 1.80 bits per heavy atom. The zero-order chi connectivity index (χ0) is 44.3. The Balaban J connectivity index is 0. The Morgan fingerprint density at radius 2 is 1.22 bits per heavy atom. The number of rotatable bonds is 23. The van der Waals surface area contributed by atoms with Gasteiger partial charge in [-0.05, 0) is 53.9 Å². The largest absolute Gasteiger partial charge is 1.00 e. The number of nitrogen functional groups attached to an aromatic ring is 1. The van der Waals surface area contributed by atoms with Gasteiger partial charge in [0.2, 0.25) is 10.4 Å². The van der Waals surface area contributed by atoms with E-state index in [0.717, 1.165) is 30.3 Å². The number of azo groups is 2. The summed E-state index contributed by atoms with van der Waals surface area (Å²) in [6.45, 7) is -1.50. The molecule has 39 heteroatoms. The van der Waals surface area contributed by atoms with E-state index < -0.39 is 103 Å². The first kappa shape index (κ1) is 68.3. The van der Waals surface area contributed by atoms with Crippen molar-refractivity contribution < 1.29 is 248 Å². The molecule has 65 heavy (non-hydrogen) atoms. The number of sulfone groups is 2. The SMILES string of the molecule is Nc1c(N=Nc2ccc(S(=O)(=O)CCOS(=O)(=O)[O-])cc2SOO[O-])c(S(=O)(=O)[O-])cc2cc(SOO[O-])c(N=Nc3cccc(S(=O)(=O)CCOSOO[O-])c3)c(O)c12.[Na+].[Na+].[Na+].[Na+].[Na+]. The zero-order valence-electron chi connectivity index (χ0n) is 33.8. The maximum atomic E-state index is 12.8. The van der Waals surface area contributed by atoms with Gasteiger partial charge in [-0.1, -0.05) is 6.07 Å². The van der Waals surface area contributed by atoms with Gasteiger partial charge < -0.3 is 35.7 Å². The molecule has 0 saturated carbocycles. The second-order valence-corrected chi connectivity index (χ2v) is 19.2. The maximum Gasteiger partial charge on any atom is 1.00 e. The fourth-order valence-corrected chi connectivity index (χ4v) is 9.19. The molecule has 328 valence electrons. The summed E-state index contributed by atoms with van der Waals surface area (Å²) in [6, 6.07) is 9.25. The molecule has 0 aromatic heterocycles. The summed E-state index contributed by atoms with van der Waals surface area (Å²) < 4.78 is 142. The van der Waals surface area contributed by atoms with Crippen LogP contribution in [0.1, 0.15) is 0 Å². The Morgan fingerprint density at radius 1 is 0.646 bits per heavy atom. The fraction of sp³-hybridized carbons (Fsp3) is 0.154. The van der Waals surface area contributed by atoms with Crippen molar-refractivity contribution in [1.82, 2.24) is 0 Å². The van der Waals surface area contributed by atoms with E-state index in [1.807, 2.05) is 0 Å². The summed E-state index contributed by atoms with van der Waals surface area (Å²) in [6.07, 6.45) is 0. The van der Waals surface area contributed by atoms with E-state index in [4.69, 9.17) is 9.92 Å². The van der Waals surface area contributed by atoms with E-state index in [9.17, 15) is 63.7 Å². The third-order valence-corrected chi connectivity index (χ3v) is 13.3. The van der Waals surface area contributed by atoms with Gasteiger partial charge in [0.1, 0.15) is 27.2 Å². The molecule has 27 nitrogen and oxygen atoms in total. The maximum absolute atomic E-state index is 12.8. The second kappa shape index (κ2) is 31.7. The van der Waals surface area contributed by atoms with E-state index in [0.29, 0.717) is 6.07 Å². The van der Waals surface area contributed by atoms with Crippen LogP contribution in [-0.4, -0.2) is 72.6 Å². The summed E-state index contributed by atoms with van der Waals surface area (Å²) in [4.78, 5) is -2.62. The van der Waals surface area contributed by atoms with Crippen LogP contribution in [0.2, 0.25) is 0 Å². The van der Waals surface area contributed by atoms with Crippen LogP contribution < -0.4 is 169 Å². The second-order valence-electron chi connectivity index (χ2n) is 10.6. The molecule has 0 unspecified atom stereocenters. The van der Waals surface area contributed by atoms with Gasteiger partial charge in [0.25, 0.3) is 0 Å². The van der Waals surface area contributed by atoms with Gasteiger partial charge in [0, 0.05) is 0 Å². The van der Waals surface area contributed by atoms with E-state index in [-0.39, 0.29) is 216 Å². The minimum absolute atomic E-state index is 0. The molecule has 0 aliphatic heterocycles.